The molecule has 1 aromatic carbocycles. The smallest absolute Gasteiger partial charge is 0.322 e. The van der Waals surface area contributed by atoms with Crippen molar-refractivity contribution >= 4 is 53.2 Å². The van der Waals surface area contributed by atoms with Crippen LogP contribution in [0.1, 0.15) is 80.7 Å². The van der Waals surface area contributed by atoms with Crippen molar-refractivity contribution in [3.05, 3.63) is 48.0 Å². The molecular weight excluding hydrogens is 794 g/mol. The molecule has 0 saturated carbocycles. The van der Waals surface area contributed by atoms with Crippen molar-refractivity contribution in [2.75, 3.05) is 53.0 Å². The van der Waals surface area contributed by atoms with Crippen LogP contribution < -0.4 is 31.9 Å². The van der Waals surface area contributed by atoms with E-state index in [1.165, 1.54) is 0 Å². The summed E-state index contributed by atoms with van der Waals surface area (Å²) in [6.07, 6.45) is 3.73. The van der Waals surface area contributed by atoms with Gasteiger partial charge in [0, 0.05) is 45.2 Å². The summed E-state index contributed by atoms with van der Waals surface area (Å²) in [6, 6.07) is 7.61. The highest BCUT2D eigenvalue weighted by Gasteiger charge is 2.46. The van der Waals surface area contributed by atoms with Gasteiger partial charge in [0.2, 0.25) is 35.4 Å². The third-order valence-electron chi connectivity index (χ3n) is 10.1. The number of carboxylic acid groups (broad SMARTS) is 1. The van der Waals surface area contributed by atoms with E-state index in [1.54, 1.807) is 65.1 Å². The van der Waals surface area contributed by atoms with Crippen LogP contribution in [0.5, 0.6) is 0 Å². The number of benzene rings is 1. The molecule has 0 saturated heterocycles. The first-order chi connectivity index (χ1) is 28.3. The number of hydrogen-bond donors (Lipinski definition) is 7. The molecular formula is C42H65N7O12. The minimum absolute atomic E-state index is 0.0158. The number of nitrogens with zero attached hydrogens (tertiary/aromatic N) is 1. The van der Waals surface area contributed by atoms with Gasteiger partial charge in [0.1, 0.15) is 12.6 Å². The average Bonchev–Trinajstić information content (AvgIpc) is 3.51. The van der Waals surface area contributed by atoms with E-state index in [9.17, 15) is 43.2 Å². The number of nitrogens with one attached hydrogen (secondary N) is 6. The number of carboxylic acids is 1. The molecule has 19 heteroatoms. The van der Waals surface area contributed by atoms with Gasteiger partial charge in [-0.1, -0.05) is 65.0 Å². The van der Waals surface area contributed by atoms with Crippen LogP contribution in [0.15, 0.2) is 42.5 Å². The molecule has 1 aliphatic heterocycles. The average molecular weight is 860 g/mol. The number of amides is 8. The largest absolute Gasteiger partial charge is 0.480 e. The van der Waals surface area contributed by atoms with E-state index in [1.807, 2.05) is 34.6 Å². The van der Waals surface area contributed by atoms with Crippen LogP contribution in [0.2, 0.25) is 0 Å². The number of methoxy groups -OCH3 is 1. The maximum absolute atomic E-state index is 12.9. The highest BCUT2D eigenvalue weighted by molar-refractivity contribution is 6.13. The van der Waals surface area contributed by atoms with Crippen molar-refractivity contribution < 1.29 is 57.7 Å². The second-order valence-electron chi connectivity index (χ2n) is 16.7. The normalized spacial score (nSPS) is 13.3. The Kier molecular flexibility index (Phi) is 21.5. The molecule has 0 fully saturated rings. The quantitative estimate of drug-likeness (QED) is 0.0696. The van der Waals surface area contributed by atoms with Crippen molar-refractivity contribution in [2.45, 2.75) is 98.8 Å². The Hall–Kier alpha value is -5.69. The van der Waals surface area contributed by atoms with E-state index in [-0.39, 0.29) is 30.1 Å². The maximum atomic E-state index is 12.9. The molecule has 0 aromatic heterocycles. The van der Waals surface area contributed by atoms with E-state index in [2.05, 4.69) is 31.9 Å². The number of ether oxygens (including phenoxy) is 2. The van der Waals surface area contributed by atoms with Gasteiger partial charge >= 0.3 is 5.97 Å². The third-order valence-corrected chi connectivity index (χ3v) is 10.1. The summed E-state index contributed by atoms with van der Waals surface area (Å²) in [5.41, 5.74) is -1.76. The predicted molar refractivity (Wildman–Crippen MR) is 224 cm³/mol. The summed E-state index contributed by atoms with van der Waals surface area (Å²) in [6.45, 7) is 15.6. The lowest BCUT2D eigenvalue weighted by Gasteiger charge is -2.42. The lowest BCUT2D eigenvalue weighted by molar-refractivity contribution is -0.145. The van der Waals surface area contributed by atoms with Crippen LogP contribution in [0, 0.1) is 10.8 Å². The van der Waals surface area contributed by atoms with Crippen molar-refractivity contribution in [2.24, 2.45) is 10.8 Å². The van der Waals surface area contributed by atoms with Crippen molar-refractivity contribution in [1.82, 2.24) is 36.8 Å². The van der Waals surface area contributed by atoms with Crippen molar-refractivity contribution in [3.63, 3.8) is 0 Å². The molecule has 0 spiro atoms. The van der Waals surface area contributed by atoms with Crippen LogP contribution in [0.25, 0.3) is 0 Å². The van der Waals surface area contributed by atoms with Gasteiger partial charge in [0.05, 0.1) is 42.9 Å². The summed E-state index contributed by atoms with van der Waals surface area (Å²) in [5.74, 6) is -5.49. The zero-order valence-corrected chi connectivity index (χ0v) is 37.1. The Labute approximate surface area is 357 Å². The summed E-state index contributed by atoms with van der Waals surface area (Å²) < 4.78 is 11.1. The Morgan fingerprint density at radius 3 is 1.77 bits per heavy atom. The minimum atomic E-state index is -1.25. The molecule has 1 unspecified atom stereocenters. The minimum Gasteiger partial charge on any atom is -0.480 e. The van der Waals surface area contributed by atoms with Crippen LogP contribution in [0.4, 0.5) is 0 Å². The topological polar surface area (TPSA) is 268 Å². The molecule has 61 heavy (non-hydrogen) atoms. The molecule has 7 N–H and O–H groups in total. The monoisotopic (exact) mass is 859 g/mol. The standard InChI is InChI=1S/C29H38N6O9.C13H27NO3/c1-28(2,17-35-23(39)10-11-24(35)40)29(3,4)27(44)33-14-21(37)30-13-20(36)31-15-22(38)34-19(26(43)32-16-25(41)42)12-18-8-6-5-7-9-18;1-7-11(15)14-10-13(4,5)17-9-8-12(2,3)16-6/h5-11,19H,12-17H2,1-4H3,(H,30,37)(H,31,36)(H,32,43)(H,33,44)(H,34,38)(H,41,42);7-10H2,1-6H3,(H,14,15). The van der Waals surface area contributed by atoms with E-state index >= 15 is 0 Å². The number of carbonyl (C=O) groups is 9. The van der Waals surface area contributed by atoms with Gasteiger partial charge in [0.25, 0.3) is 11.8 Å². The number of hydrogen-bond acceptors (Lipinski definition) is 11. The fourth-order valence-electron chi connectivity index (χ4n) is 5.10. The van der Waals surface area contributed by atoms with Crippen LogP contribution in [-0.2, 0) is 59.0 Å². The Bertz CT molecular complexity index is 1720. The molecule has 0 aliphatic carbocycles. The van der Waals surface area contributed by atoms with E-state index in [4.69, 9.17) is 14.6 Å². The molecule has 8 amide bonds. The lowest BCUT2D eigenvalue weighted by atomic mass is 9.67. The van der Waals surface area contributed by atoms with Gasteiger partial charge in [0.15, 0.2) is 0 Å². The molecule has 19 nitrogen and oxygen atoms in total. The van der Waals surface area contributed by atoms with Gasteiger partial charge < -0.3 is 46.5 Å². The van der Waals surface area contributed by atoms with Gasteiger partial charge in [-0.15, -0.1) is 0 Å². The van der Waals surface area contributed by atoms with Crippen LogP contribution in [-0.4, -0.2) is 133 Å². The Morgan fingerprint density at radius 1 is 0.705 bits per heavy atom. The fraction of sp³-hybridized carbons (Fsp3) is 0.595. The maximum Gasteiger partial charge on any atom is 0.322 e. The van der Waals surface area contributed by atoms with E-state index in [0.717, 1.165) is 23.5 Å². The highest BCUT2D eigenvalue weighted by Crippen LogP contribution is 2.40. The highest BCUT2D eigenvalue weighted by atomic mass is 16.5. The second-order valence-corrected chi connectivity index (χ2v) is 16.7. The first-order valence-corrected chi connectivity index (χ1v) is 19.9. The van der Waals surface area contributed by atoms with Crippen LogP contribution >= 0.6 is 0 Å². The first-order valence-electron chi connectivity index (χ1n) is 19.9. The number of aliphatic carboxylic acids is 1. The lowest BCUT2D eigenvalue weighted by Crippen LogP contribution is -2.53. The second kappa shape index (κ2) is 24.5. The van der Waals surface area contributed by atoms with Gasteiger partial charge in [-0.2, -0.15) is 0 Å². The summed E-state index contributed by atoms with van der Waals surface area (Å²) in [7, 11) is 1.70. The molecule has 1 heterocycles. The molecule has 0 bridgehead atoms. The molecule has 0 radical (unpaired) electrons. The number of carbonyl (C=O) groups excluding carboxylic acids is 8. The molecule has 2 rings (SSSR count). The summed E-state index contributed by atoms with van der Waals surface area (Å²) >= 11 is 0. The van der Waals surface area contributed by atoms with Gasteiger partial charge in [-0.25, -0.2) is 0 Å². The van der Waals surface area contributed by atoms with Crippen molar-refractivity contribution in [1.29, 1.82) is 0 Å². The van der Waals surface area contributed by atoms with Gasteiger partial charge in [-0.3, -0.25) is 48.1 Å². The Morgan fingerprint density at radius 2 is 1.25 bits per heavy atom. The van der Waals surface area contributed by atoms with Gasteiger partial charge in [-0.05, 0) is 45.1 Å². The summed E-state index contributed by atoms with van der Waals surface area (Å²) in [5, 5.41) is 23.4. The fourth-order valence-corrected chi connectivity index (χ4v) is 5.10. The van der Waals surface area contributed by atoms with E-state index in [0.29, 0.717) is 25.1 Å². The van der Waals surface area contributed by atoms with Crippen LogP contribution in [0.3, 0.4) is 0 Å². The first kappa shape index (κ1) is 53.3. The third kappa shape index (κ3) is 19.9. The van der Waals surface area contributed by atoms with Crippen molar-refractivity contribution in [3.8, 4) is 0 Å². The molecule has 1 atom stereocenters. The Balaban J connectivity index is 0.000000918. The number of imide groups is 1. The number of rotatable bonds is 24. The molecule has 1 aromatic rings. The van der Waals surface area contributed by atoms with E-state index < -0.39 is 90.4 Å². The predicted octanol–water partition coefficient (Wildman–Crippen LogP) is 0.364. The SMILES string of the molecule is CC(C)(CN1C(=O)C=CC1=O)C(C)(C)C(=O)NCC(=O)NCC(=O)NCC(=O)NC(Cc1ccccc1)C(=O)NCC(=O)O.CCC(=O)NCC(C)(C)OCCC(C)(C)OC. The molecule has 1 aliphatic rings. The zero-order valence-electron chi connectivity index (χ0n) is 37.1. The summed E-state index contributed by atoms with van der Waals surface area (Å²) in [4.78, 5) is 109. The molecule has 340 valence electrons. The zero-order chi connectivity index (χ0) is 46.6.